The van der Waals surface area contributed by atoms with E-state index in [-0.39, 0.29) is 17.6 Å². The van der Waals surface area contributed by atoms with Gasteiger partial charge in [0.1, 0.15) is 11.2 Å². The molecule has 1 saturated heterocycles. The number of fused-ring (bicyclic) bond motifs is 2. The summed E-state index contributed by atoms with van der Waals surface area (Å²) in [6.07, 6.45) is 6.79. The van der Waals surface area contributed by atoms with E-state index in [1.165, 1.54) is 11.8 Å². The Bertz CT molecular complexity index is 1720. The Morgan fingerprint density at radius 3 is 2.51 bits per heavy atom. The Hall–Kier alpha value is -3.50. The van der Waals surface area contributed by atoms with Crippen LogP contribution in [0.4, 0.5) is 4.79 Å². The summed E-state index contributed by atoms with van der Waals surface area (Å²) in [6.45, 7) is 9.29. The second kappa shape index (κ2) is 10.4. The van der Waals surface area contributed by atoms with Crippen LogP contribution in [-0.4, -0.2) is 60.4 Å². The fourth-order valence-electron chi connectivity index (χ4n) is 5.71. The Balaban J connectivity index is 1.33. The molecule has 1 aromatic carbocycles. The number of aryl methyl sites for hydroxylation is 1. The fourth-order valence-corrected chi connectivity index (χ4v) is 6.32. The summed E-state index contributed by atoms with van der Waals surface area (Å²) in [5, 5.41) is 1.82. The number of thioether (sulfide) groups is 1. The lowest BCUT2D eigenvalue weighted by Gasteiger charge is -2.26. The van der Waals surface area contributed by atoms with E-state index in [4.69, 9.17) is 21.3 Å². The van der Waals surface area contributed by atoms with Crippen LogP contribution in [0.3, 0.4) is 0 Å². The molecule has 0 spiro atoms. The second-order valence-electron chi connectivity index (χ2n) is 11.7. The first-order chi connectivity index (χ1) is 19.5. The van der Waals surface area contributed by atoms with E-state index in [1.807, 2.05) is 58.2 Å². The number of carbonyl (C=O) groups excluding carboxylic acids is 1. The molecule has 1 saturated carbocycles. The minimum atomic E-state index is -0.530. The van der Waals surface area contributed by atoms with Crippen LogP contribution < -0.4 is 5.56 Å². The van der Waals surface area contributed by atoms with Crippen LogP contribution >= 0.6 is 23.4 Å². The Morgan fingerprint density at radius 1 is 1.10 bits per heavy atom. The van der Waals surface area contributed by atoms with Gasteiger partial charge in [-0.1, -0.05) is 35.5 Å². The van der Waals surface area contributed by atoms with Crippen LogP contribution in [0.1, 0.15) is 26.5 Å². The summed E-state index contributed by atoms with van der Waals surface area (Å²) in [4.78, 5) is 46.4. The van der Waals surface area contributed by atoms with Gasteiger partial charge in [0.05, 0.1) is 17.6 Å². The van der Waals surface area contributed by atoms with Crippen LogP contribution in [0.2, 0.25) is 5.02 Å². The second-order valence-corrected chi connectivity index (χ2v) is 12.9. The van der Waals surface area contributed by atoms with Gasteiger partial charge in [-0.15, -0.1) is 0 Å². The number of hydrogen-bond acceptors (Lipinski definition) is 8. The fraction of sp³-hybridized carbons (Fsp3) is 0.400. The maximum Gasteiger partial charge on any atom is 0.410 e. The number of likely N-dealkylation sites (tertiary alicyclic amines) is 1. The molecule has 9 nitrogen and oxygen atoms in total. The molecule has 0 radical (unpaired) electrons. The van der Waals surface area contributed by atoms with Crippen LogP contribution in [-0.2, 0) is 11.3 Å². The van der Waals surface area contributed by atoms with Gasteiger partial charge < -0.3 is 9.64 Å². The molecule has 2 fully saturated rings. The highest BCUT2D eigenvalue weighted by molar-refractivity contribution is 7.98. The Labute approximate surface area is 247 Å². The smallest absolute Gasteiger partial charge is 0.410 e. The maximum absolute atomic E-state index is 14.1. The van der Waals surface area contributed by atoms with Gasteiger partial charge in [0.25, 0.3) is 5.56 Å². The minimum Gasteiger partial charge on any atom is -0.444 e. The van der Waals surface area contributed by atoms with E-state index in [0.717, 1.165) is 16.6 Å². The molecule has 0 N–H and O–H groups in total. The number of piperidine rings is 1. The van der Waals surface area contributed by atoms with Crippen molar-refractivity contribution < 1.29 is 9.53 Å². The Kier molecular flexibility index (Phi) is 7.02. The molecule has 2 unspecified atom stereocenters. The third kappa shape index (κ3) is 5.42. The molecular formula is C30H31ClN6O3S. The van der Waals surface area contributed by atoms with E-state index in [1.54, 1.807) is 28.1 Å². The molecule has 0 bridgehead atoms. The number of benzene rings is 1. The molecule has 3 aromatic heterocycles. The molecule has 2 aliphatic rings. The van der Waals surface area contributed by atoms with Crippen molar-refractivity contribution in [1.82, 2.24) is 29.4 Å². The zero-order chi connectivity index (χ0) is 29.1. The summed E-state index contributed by atoms with van der Waals surface area (Å²) in [5.41, 5.74) is 3.40. The SMILES string of the molecule is CSc1ncc2cc(-c3ccc(-c4cncc(C)n4)cc3Cl)c(=O)n(CC3C4CN(C(=O)OC(C)(C)C)CC43)c2n1. The third-order valence-electron chi connectivity index (χ3n) is 7.71. The number of aromatic nitrogens is 5. The van der Waals surface area contributed by atoms with Gasteiger partial charge in [-0.25, -0.2) is 19.7 Å². The molecule has 1 amide bonds. The molecule has 212 valence electrons. The zero-order valence-corrected chi connectivity index (χ0v) is 25.2. The average Bonchev–Trinajstić information content (AvgIpc) is 3.35. The van der Waals surface area contributed by atoms with Crippen LogP contribution in [0, 0.1) is 24.7 Å². The van der Waals surface area contributed by atoms with Gasteiger partial charge in [0.15, 0.2) is 5.16 Å². The largest absolute Gasteiger partial charge is 0.444 e. The number of nitrogens with zero attached hydrogens (tertiary/aromatic N) is 6. The number of pyridine rings is 1. The number of carbonyl (C=O) groups is 1. The van der Waals surface area contributed by atoms with Crippen molar-refractivity contribution >= 4 is 40.5 Å². The highest BCUT2D eigenvalue weighted by Gasteiger charge is 2.57. The predicted molar refractivity (Wildman–Crippen MR) is 160 cm³/mol. The topological polar surface area (TPSA) is 103 Å². The molecule has 1 aliphatic heterocycles. The van der Waals surface area contributed by atoms with Crippen LogP contribution in [0.25, 0.3) is 33.4 Å². The average molecular weight is 591 g/mol. The Morgan fingerprint density at radius 2 is 1.85 bits per heavy atom. The van der Waals surface area contributed by atoms with E-state index in [2.05, 4.69) is 15.0 Å². The van der Waals surface area contributed by atoms with Gasteiger partial charge in [-0.2, -0.15) is 0 Å². The van der Waals surface area contributed by atoms with Gasteiger partial charge in [0.2, 0.25) is 0 Å². The van der Waals surface area contributed by atoms with Gasteiger partial charge >= 0.3 is 6.09 Å². The van der Waals surface area contributed by atoms with Crippen molar-refractivity contribution in [2.24, 2.45) is 17.8 Å². The summed E-state index contributed by atoms with van der Waals surface area (Å²) < 4.78 is 7.32. The molecule has 6 rings (SSSR count). The van der Waals surface area contributed by atoms with Crippen molar-refractivity contribution in [2.75, 3.05) is 19.3 Å². The first-order valence-electron chi connectivity index (χ1n) is 13.5. The lowest BCUT2D eigenvalue weighted by Crippen LogP contribution is -2.37. The number of halogens is 1. The predicted octanol–water partition coefficient (Wildman–Crippen LogP) is 5.71. The maximum atomic E-state index is 14.1. The van der Waals surface area contributed by atoms with E-state index >= 15 is 0 Å². The molecular weight excluding hydrogens is 560 g/mol. The molecule has 11 heteroatoms. The van der Waals surface area contributed by atoms with Crippen molar-refractivity contribution in [2.45, 2.75) is 45.0 Å². The van der Waals surface area contributed by atoms with Crippen molar-refractivity contribution in [1.29, 1.82) is 0 Å². The molecule has 4 aromatic rings. The number of amides is 1. The summed E-state index contributed by atoms with van der Waals surface area (Å²) >= 11 is 8.22. The highest BCUT2D eigenvalue weighted by atomic mass is 35.5. The van der Waals surface area contributed by atoms with Crippen LogP contribution in [0.5, 0.6) is 0 Å². The van der Waals surface area contributed by atoms with E-state index in [9.17, 15) is 9.59 Å². The van der Waals surface area contributed by atoms with Gasteiger partial charge in [0, 0.05) is 59.1 Å². The van der Waals surface area contributed by atoms with Crippen molar-refractivity contribution in [3.05, 3.63) is 63.9 Å². The third-order valence-corrected chi connectivity index (χ3v) is 8.59. The summed E-state index contributed by atoms with van der Waals surface area (Å²) in [7, 11) is 0. The number of ether oxygens (including phenoxy) is 1. The van der Waals surface area contributed by atoms with Gasteiger partial charge in [-0.3, -0.25) is 14.3 Å². The van der Waals surface area contributed by atoms with Crippen molar-refractivity contribution in [3.8, 4) is 22.4 Å². The highest BCUT2D eigenvalue weighted by Crippen LogP contribution is 2.52. The van der Waals surface area contributed by atoms with E-state index in [0.29, 0.717) is 64.1 Å². The lowest BCUT2D eigenvalue weighted by molar-refractivity contribution is 0.0264. The quantitative estimate of drug-likeness (QED) is 0.215. The molecule has 41 heavy (non-hydrogen) atoms. The first kappa shape index (κ1) is 27.7. The van der Waals surface area contributed by atoms with Crippen LogP contribution in [0.15, 0.2) is 52.8 Å². The normalized spacial score (nSPS) is 19.9. The monoisotopic (exact) mass is 590 g/mol. The summed E-state index contributed by atoms with van der Waals surface area (Å²) in [6, 6.07) is 7.40. The number of hydrogen-bond donors (Lipinski definition) is 0. The minimum absolute atomic E-state index is 0.151. The van der Waals surface area contributed by atoms with Gasteiger partial charge in [-0.05, 0) is 63.8 Å². The molecule has 2 atom stereocenters. The standard InChI is InChI=1S/C30H31ClN6O3S/c1-16-10-32-12-25(34-16)17-6-7-19(24(31)9-17)20-8-18-11-33-28(41-5)35-26(18)37(27(20)38)15-23-21-13-36(14-22(21)23)29(39)40-30(2,3)4/h6-12,21-23H,13-15H2,1-5H3. The van der Waals surface area contributed by atoms with E-state index < -0.39 is 5.60 Å². The molecule has 1 aliphatic carbocycles. The number of rotatable bonds is 5. The van der Waals surface area contributed by atoms with Crippen molar-refractivity contribution in [3.63, 3.8) is 0 Å². The first-order valence-corrected chi connectivity index (χ1v) is 15.1. The summed E-state index contributed by atoms with van der Waals surface area (Å²) in [5.74, 6) is 0.928. The lowest BCUT2D eigenvalue weighted by atomic mass is 10.0. The zero-order valence-electron chi connectivity index (χ0n) is 23.6. The molecule has 4 heterocycles.